The number of rotatable bonds is 3. The second-order valence-corrected chi connectivity index (χ2v) is 5.85. The largest absolute Gasteiger partial charge is 0.497 e. The summed E-state index contributed by atoms with van der Waals surface area (Å²) in [7, 11) is 3.48. The van der Waals surface area contributed by atoms with Gasteiger partial charge in [-0.25, -0.2) is 0 Å². The maximum absolute atomic E-state index is 12.2. The number of carbonyl (C=O) groups excluding carboxylic acids is 1. The highest BCUT2D eigenvalue weighted by Crippen LogP contribution is 2.40. The molecule has 0 N–H and O–H groups in total. The van der Waals surface area contributed by atoms with Crippen molar-refractivity contribution in [2.75, 3.05) is 20.7 Å². The number of nitrogens with zero attached hydrogens (tertiary/aromatic N) is 1. The molecule has 0 aromatic heterocycles. The summed E-state index contributed by atoms with van der Waals surface area (Å²) in [5, 5.41) is 0. The highest BCUT2D eigenvalue weighted by Gasteiger charge is 2.48. The number of ether oxygens (including phenoxy) is 2. The van der Waals surface area contributed by atoms with Crippen molar-refractivity contribution in [3.05, 3.63) is 29.8 Å². The lowest BCUT2D eigenvalue weighted by molar-refractivity contribution is -0.208. The Bertz CT molecular complexity index is 512. The molecule has 4 nitrogen and oxygen atoms in total. The molecule has 0 bridgehead atoms. The lowest BCUT2D eigenvalue weighted by Crippen LogP contribution is -2.60. The summed E-state index contributed by atoms with van der Waals surface area (Å²) in [5.41, 5.74) is -0.251. The maximum Gasteiger partial charge on any atom is 0.254 e. The Labute approximate surface area is 120 Å². The van der Waals surface area contributed by atoms with E-state index in [4.69, 9.17) is 9.47 Å². The summed E-state index contributed by atoms with van der Waals surface area (Å²) in [5.74, 6) is 0.820. The van der Waals surface area contributed by atoms with Crippen LogP contribution < -0.4 is 4.74 Å². The molecule has 2 rings (SSSR count). The van der Waals surface area contributed by atoms with Crippen LogP contribution in [0, 0.1) is 0 Å². The van der Waals surface area contributed by atoms with Gasteiger partial charge in [-0.1, -0.05) is 19.1 Å². The number of hydrogen-bond acceptors (Lipinski definition) is 3. The number of hydrogen-bond donors (Lipinski definition) is 0. The first-order chi connectivity index (χ1) is 9.34. The van der Waals surface area contributed by atoms with E-state index in [2.05, 4.69) is 6.92 Å². The van der Waals surface area contributed by atoms with Crippen LogP contribution in [0.4, 0.5) is 0 Å². The van der Waals surface area contributed by atoms with Gasteiger partial charge in [-0.3, -0.25) is 4.79 Å². The molecule has 1 unspecified atom stereocenters. The van der Waals surface area contributed by atoms with Crippen molar-refractivity contribution in [2.24, 2.45) is 0 Å². The van der Waals surface area contributed by atoms with Gasteiger partial charge in [0.05, 0.1) is 13.7 Å². The number of carbonyl (C=O) groups is 1. The smallest absolute Gasteiger partial charge is 0.254 e. The molecule has 4 heteroatoms. The zero-order valence-electron chi connectivity index (χ0n) is 12.9. The Morgan fingerprint density at radius 3 is 2.65 bits per heavy atom. The van der Waals surface area contributed by atoms with Crippen molar-refractivity contribution in [1.82, 2.24) is 4.90 Å². The molecule has 110 valence electrons. The van der Waals surface area contributed by atoms with E-state index in [0.717, 1.165) is 17.7 Å². The standard InChI is InChI=1S/C16H23NO3/c1-6-16(12-8-7-9-13(10-12)19-5)11-17(4)14(18)15(2,3)20-16/h7-10H,6,11H2,1-5H3. The highest BCUT2D eigenvalue weighted by atomic mass is 16.5. The minimum atomic E-state index is -0.813. The molecule has 1 aliphatic heterocycles. The van der Waals surface area contributed by atoms with Crippen LogP contribution in [0.15, 0.2) is 24.3 Å². The van der Waals surface area contributed by atoms with Crippen LogP contribution >= 0.6 is 0 Å². The number of amides is 1. The SMILES string of the molecule is CCC1(c2cccc(OC)c2)CN(C)C(=O)C(C)(C)O1. The fourth-order valence-electron chi connectivity index (χ4n) is 2.92. The zero-order valence-corrected chi connectivity index (χ0v) is 12.9. The van der Waals surface area contributed by atoms with Crippen molar-refractivity contribution in [3.63, 3.8) is 0 Å². The summed E-state index contributed by atoms with van der Waals surface area (Å²) < 4.78 is 11.5. The first kappa shape index (κ1) is 14.9. The van der Waals surface area contributed by atoms with E-state index in [-0.39, 0.29) is 5.91 Å². The monoisotopic (exact) mass is 277 g/mol. The average Bonchev–Trinajstić information content (AvgIpc) is 2.44. The fraction of sp³-hybridized carbons (Fsp3) is 0.562. The quantitative estimate of drug-likeness (QED) is 0.852. The van der Waals surface area contributed by atoms with E-state index in [9.17, 15) is 4.79 Å². The minimum Gasteiger partial charge on any atom is -0.497 e. The number of methoxy groups -OCH3 is 1. The molecule has 1 aliphatic rings. The Kier molecular flexibility index (Phi) is 3.78. The van der Waals surface area contributed by atoms with Crippen LogP contribution in [0.2, 0.25) is 0 Å². The molecule has 1 atom stereocenters. The van der Waals surface area contributed by atoms with Crippen LogP contribution in [0.25, 0.3) is 0 Å². The number of benzene rings is 1. The molecule has 1 aromatic carbocycles. The van der Waals surface area contributed by atoms with Crippen LogP contribution in [-0.4, -0.2) is 37.1 Å². The summed E-state index contributed by atoms with van der Waals surface area (Å²) in [6.07, 6.45) is 0.793. The third-order valence-electron chi connectivity index (χ3n) is 3.97. The minimum absolute atomic E-state index is 0.0180. The number of morpholine rings is 1. The molecule has 1 aromatic rings. The molecule has 1 fully saturated rings. The first-order valence-corrected chi connectivity index (χ1v) is 6.95. The van der Waals surface area contributed by atoms with Gasteiger partial charge in [-0.05, 0) is 38.0 Å². The van der Waals surface area contributed by atoms with Crippen LogP contribution in [0.3, 0.4) is 0 Å². The average molecular weight is 277 g/mol. The Morgan fingerprint density at radius 1 is 1.40 bits per heavy atom. The molecular formula is C16H23NO3. The maximum atomic E-state index is 12.2. The van der Waals surface area contributed by atoms with Gasteiger partial charge in [0.15, 0.2) is 0 Å². The van der Waals surface area contributed by atoms with Gasteiger partial charge >= 0.3 is 0 Å². The molecule has 1 amide bonds. The van der Waals surface area contributed by atoms with Crippen LogP contribution in [0.1, 0.15) is 32.8 Å². The van der Waals surface area contributed by atoms with E-state index < -0.39 is 11.2 Å². The third kappa shape index (κ3) is 2.40. The predicted octanol–water partition coefficient (Wildman–Crippen LogP) is 2.57. The van der Waals surface area contributed by atoms with Crippen LogP contribution in [-0.2, 0) is 15.1 Å². The molecule has 20 heavy (non-hydrogen) atoms. The molecule has 0 spiro atoms. The number of likely N-dealkylation sites (N-methyl/N-ethyl adjacent to an activating group) is 1. The molecule has 1 saturated heterocycles. The van der Waals surface area contributed by atoms with Gasteiger partial charge in [-0.15, -0.1) is 0 Å². The second kappa shape index (κ2) is 5.09. The van der Waals surface area contributed by atoms with E-state index in [0.29, 0.717) is 6.54 Å². The normalized spacial score (nSPS) is 25.6. The Balaban J connectivity index is 2.46. The van der Waals surface area contributed by atoms with E-state index in [1.807, 2.05) is 45.2 Å². The lowest BCUT2D eigenvalue weighted by atomic mass is 9.86. The summed E-state index contributed by atoms with van der Waals surface area (Å²) in [4.78, 5) is 13.9. The highest BCUT2D eigenvalue weighted by molar-refractivity contribution is 5.85. The third-order valence-corrected chi connectivity index (χ3v) is 3.97. The molecule has 0 saturated carbocycles. The molecule has 0 aliphatic carbocycles. The zero-order chi connectivity index (χ0) is 15.0. The Hall–Kier alpha value is -1.55. The van der Waals surface area contributed by atoms with Gasteiger partial charge in [0.1, 0.15) is 17.0 Å². The molecular weight excluding hydrogens is 254 g/mol. The lowest BCUT2D eigenvalue weighted by Gasteiger charge is -2.48. The van der Waals surface area contributed by atoms with Gasteiger partial charge in [0.25, 0.3) is 5.91 Å². The fourth-order valence-corrected chi connectivity index (χ4v) is 2.92. The summed E-state index contributed by atoms with van der Waals surface area (Å²) in [6.45, 7) is 6.29. The van der Waals surface area contributed by atoms with Crippen molar-refractivity contribution < 1.29 is 14.3 Å². The van der Waals surface area contributed by atoms with E-state index in [1.54, 1.807) is 12.0 Å². The van der Waals surface area contributed by atoms with Crippen molar-refractivity contribution in [2.45, 2.75) is 38.4 Å². The van der Waals surface area contributed by atoms with Gasteiger partial charge in [-0.2, -0.15) is 0 Å². The first-order valence-electron chi connectivity index (χ1n) is 6.95. The summed E-state index contributed by atoms with van der Waals surface area (Å²) in [6, 6.07) is 7.89. The molecule has 1 heterocycles. The summed E-state index contributed by atoms with van der Waals surface area (Å²) >= 11 is 0. The van der Waals surface area contributed by atoms with Crippen molar-refractivity contribution in [1.29, 1.82) is 0 Å². The molecule has 0 radical (unpaired) electrons. The van der Waals surface area contributed by atoms with E-state index in [1.165, 1.54) is 0 Å². The van der Waals surface area contributed by atoms with Gasteiger partial charge in [0.2, 0.25) is 0 Å². The van der Waals surface area contributed by atoms with Crippen molar-refractivity contribution in [3.8, 4) is 5.75 Å². The van der Waals surface area contributed by atoms with Gasteiger partial charge < -0.3 is 14.4 Å². The van der Waals surface area contributed by atoms with Crippen LogP contribution in [0.5, 0.6) is 5.75 Å². The van der Waals surface area contributed by atoms with Gasteiger partial charge in [0, 0.05) is 7.05 Å². The Morgan fingerprint density at radius 2 is 2.10 bits per heavy atom. The van der Waals surface area contributed by atoms with E-state index >= 15 is 0 Å². The topological polar surface area (TPSA) is 38.8 Å². The predicted molar refractivity (Wildman–Crippen MR) is 77.8 cm³/mol. The second-order valence-electron chi connectivity index (χ2n) is 5.85. The van der Waals surface area contributed by atoms with Crippen molar-refractivity contribution >= 4 is 5.91 Å².